The van der Waals surface area contributed by atoms with Crippen molar-refractivity contribution in [1.29, 1.82) is 0 Å². The van der Waals surface area contributed by atoms with Gasteiger partial charge in [0.15, 0.2) is 0 Å². The zero-order chi connectivity index (χ0) is 22.3. The summed E-state index contributed by atoms with van der Waals surface area (Å²) in [5.41, 5.74) is 0. The third-order valence-corrected chi connectivity index (χ3v) is 5.53. The quantitative estimate of drug-likeness (QED) is 0.204. The summed E-state index contributed by atoms with van der Waals surface area (Å²) >= 11 is 0. The van der Waals surface area contributed by atoms with Crippen molar-refractivity contribution in [2.75, 3.05) is 32.8 Å². The van der Waals surface area contributed by atoms with Crippen LogP contribution in [-0.2, 0) is 9.59 Å². The number of hydrogen-bond donors (Lipinski definition) is 3. The number of unbranched alkanes of at least 4 members (excludes halogenated alkanes) is 14. The number of nitrogens with one attached hydrogen (secondary N) is 1. The molecule has 0 atom stereocenters. The van der Waals surface area contributed by atoms with Gasteiger partial charge < -0.3 is 15.5 Å². The van der Waals surface area contributed by atoms with Crippen LogP contribution in [0.25, 0.3) is 0 Å². The molecule has 0 saturated carbocycles. The van der Waals surface area contributed by atoms with Crippen LogP contribution in [0.15, 0.2) is 0 Å². The molecule has 0 radical (unpaired) electrons. The first-order valence-corrected chi connectivity index (χ1v) is 12.4. The second-order valence-electron chi connectivity index (χ2n) is 8.44. The van der Waals surface area contributed by atoms with Crippen molar-refractivity contribution in [3.8, 4) is 0 Å². The van der Waals surface area contributed by atoms with E-state index >= 15 is 0 Å². The lowest BCUT2D eigenvalue weighted by molar-refractivity contribution is -0.138. The molecule has 0 unspecified atom stereocenters. The molecule has 0 aromatic heterocycles. The minimum atomic E-state index is -0.924. The Hall–Kier alpha value is -1.14. The van der Waals surface area contributed by atoms with Gasteiger partial charge in [-0.1, -0.05) is 96.8 Å². The highest BCUT2D eigenvalue weighted by atomic mass is 16.4. The fourth-order valence-corrected chi connectivity index (χ4v) is 3.70. The molecule has 0 fully saturated rings. The first-order chi connectivity index (χ1) is 14.6. The number of aliphatic hydroxyl groups is 1. The number of aliphatic carboxylic acids is 1. The van der Waals surface area contributed by atoms with E-state index in [1.165, 1.54) is 83.5 Å². The van der Waals surface area contributed by atoms with Crippen LogP contribution in [-0.4, -0.2) is 59.8 Å². The molecule has 6 nitrogen and oxygen atoms in total. The molecular weight excluding hydrogens is 380 g/mol. The molecule has 178 valence electrons. The van der Waals surface area contributed by atoms with Gasteiger partial charge in [0.2, 0.25) is 5.91 Å². The van der Waals surface area contributed by atoms with E-state index in [0.717, 1.165) is 12.8 Å². The van der Waals surface area contributed by atoms with Crippen LogP contribution >= 0.6 is 0 Å². The molecule has 0 aromatic rings. The number of carbonyl (C=O) groups excluding carboxylic acids is 1. The van der Waals surface area contributed by atoms with Gasteiger partial charge in [-0.05, 0) is 6.42 Å². The Balaban J connectivity index is 3.36. The summed E-state index contributed by atoms with van der Waals surface area (Å²) in [6.07, 6.45) is 20.2. The topological polar surface area (TPSA) is 89.9 Å². The predicted octanol–water partition coefficient (Wildman–Crippen LogP) is 4.74. The number of amides is 1. The lowest BCUT2D eigenvalue weighted by atomic mass is 10.0. The molecule has 0 aliphatic heterocycles. The lowest BCUT2D eigenvalue weighted by Crippen LogP contribution is -2.39. The zero-order valence-corrected chi connectivity index (χ0v) is 19.5. The molecule has 0 aliphatic carbocycles. The Morgan fingerprint density at radius 1 is 0.733 bits per heavy atom. The number of carboxylic acid groups (broad SMARTS) is 1. The van der Waals surface area contributed by atoms with Gasteiger partial charge in [-0.25, -0.2) is 0 Å². The van der Waals surface area contributed by atoms with Crippen molar-refractivity contribution in [2.45, 2.75) is 110 Å². The molecule has 0 aliphatic rings. The summed E-state index contributed by atoms with van der Waals surface area (Å²) in [6, 6.07) is 0. The lowest BCUT2D eigenvalue weighted by Gasteiger charge is -2.19. The highest BCUT2D eigenvalue weighted by Crippen LogP contribution is 2.13. The Morgan fingerprint density at radius 2 is 1.20 bits per heavy atom. The van der Waals surface area contributed by atoms with E-state index in [1.54, 1.807) is 4.90 Å². The maximum Gasteiger partial charge on any atom is 0.317 e. The summed E-state index contributed by atoms with van der Waals surface area (Å²) in [6.45, 7) is 3.24. The first kappa shape index (κ1) is 28.9. The Morgan fingerprint density at radius 3 is 1.63 bits per heavy atom. The number of carbonyl (C=O) groups is 2. The highest BCUT2D eigenvalue weighted by molar-refractivity contribution is 5.75. The van der Waals surface area contributed by atoms with Gasteiger partial charge in [-0.3, -0.25) is 14.5 Å². The maximum absolute atomic E-state index is 11.8. The molecule has 6 heteroatoms. The summed E-state index contributed by atoms with van der Waals surface area (Å²) < 4.78 is 0. The average Bonchev–Trinajstić information content (AvgIpc) is 2.70. The number of rotatable bonds is 23. The molecule has 0 aromatic carbocycles. The summed E-state index contributed by atoms with van der Waals surface area (Å²) in [5, 5.41) is 20.6. The van der Waals surface area contributed by atoms with Crippen molar-refractivity contribution < 1.29 is 19.8 Å². The molecular formula is C24H48N2O4. The first-order valence-electron chi connectivity index (χ1n) is 12.4. The third kappa shape index (κ3) is 21.6. The monoisotopic (exact) mass is 428 g/mol. The van der Waals surface area contributed by atoms with Gasteiger partial charge in [0, 0.05) is 26.1 Å². The molecule has 0 saturated heterocycles. The van der Waals surface area contributed by atoms with Crippen molar-refractivity contribution in [3.05, 3.63) is 0 Å². The number of carboxylic acids is 1. The van der Waals surface area contributed by atoms with Gasteiger partial charge >= 0.3 is 5.97 Å². The second kappa shape index (κ2) is 22.5. The van der Waals surface area contributed by atoms with Gasteiger partial charge in [-0.15, -0.1) is 0 Å². The van der Waals surface area contributed by atoms with E-state index in [-0.39, 0.29) is 19.1 Å². The molecule has 0 heterocycles. The highest BCUT2D eigenvalue weighted by Gasteiger charge is 2.09. The Kier molecular flexibility index (Phi) is 21.7. The van der Waals surface area contributed by atoms with Crippen LogP contribution < -0.4 is 5.32 Å². The van der Waals surface area contributed by atoms with Crippen LogP contribution in [0.4, 0.5) is 0 Å². The minimum Gasteiger partial charge on any atom is -0.480 e. The van der Waals surface area contributed by atoms with E-state index in [1.807, 2.05) is 0 Å². The molecule has 30 heavy (non-hydrogen) atoms. The molecule has 1 amide bonds. The zero-order valence-electron chi connectivity index (χ0n) is 19.5. The molecule has 0 rings (SSSR count). The Bertz CT molecular complexity index is 405. The van der Waals surface area contributed by atoms with Crippen LogP contribution in [0.3, 0.4) is 0 Å². The van der Waals surface area contributed by atoms with Crippen LogP contribution in [0.1, 0.15) is 110 Å². The van der Waals surface area contributed by atoms with Crippen molar-refractivity contribution in [2.24, 2.45) is 0 Å². The standard InChI is InChI=1S/C24H48N2O4/c1-2-3-4-5-6-7-8-9-10-11-12-13-14-15-16-17-23(28)25-18-19-26(20-21-27)22-24(29)30/h27H,2-22H2,1H3,(H,25,28)(H,29,30). The maximum atomic E-state index is 11.8. The summed E-state index contributed by atoms with van der Waals surface area (Å²) in [4.78, 5) is 24.2. The number of nitrogens with zero attached hydrogens (tertiary/aromatic N) is 1. The van der Waals surface area contributed by atoms with Crippen LogP contribution in [0.2, 0.25) is 0 Å². The largest absolute Gasteiger partial charge is 0.480 e. The SMILES string of the molecule is CCCCCCCCCCCCCCCCCC(=O)NCCN(CCO)CC(=O)O. The van der Waals surface area contributed by atoms with E-state index in [4.69, 9.17) is 10.2 Å². The fraction of sp³-hybridized carbons (Fsp3) is 0.917. The Labute approximate surface area is 184 Å². The van der Waals surface area contributed by atoms with E-state index in [9.17, 15) is 9.59 Å². The van der Waals surface area contributed by atoms with Gasteiger partial charge in [-0.2, -0.15) is 0 Å². The van der Waals surface area contributed by atoms with Gasteiger partial charge in [0.25, 0.3) is 0 Å². The van der Waals surface area contributed by atoms with Crippen LogP contribution in [0, 0.1) is 0 Å². The summed E-state index contributed by atoms with van der Waals surface area (Å²) in [5.74, 6) is -0.892. The smallest absolute Gasteiger partial charge is 0.317 e. The number of aliphatic hydroxyl groups excluding tert-OH is 1. The minimum absolute atomic E-state index is 0.0315. The van der Waals surface area contributed by atoms with Gasteiger partial charge in [0.05, 0.1) is 13.2 Å². The fourth-order valence-electron chi connectivity index (χ4n) is 3.70. The van der Waals surface area contributed by atoms with Crippen LogP contribution in [0.5, 0.6) is 0 Å². The molecule has 0 spiro atoms. The van der Waals surface area contributed by atoms with E-state index in [0.29, 0.717) is 26.1 Å². The van der Waals surface area contributed by atoms with E-state index in [2.05, 4.69) is 12.2 Å². The number of hydrogen-bond acceptors (Lipinski definition) is 4. The molecule has 3 N–H and O–H groups in total. The average molecular weight is 429 g/mol. The molecule has 0 bridgehead atoms. The van der Waals surface area contributed by atoms with E-state index < -0.39 is 5.97 Å². The summed E-state index contributed by atoms with van der Waals surface area (Å²) in [7, 11) is 0. The predicted molar refractivity (Wildman–Crippen MR) is 124 cm³/mol. The van der Waals surface area contributed by atoms with Crippen molar-refractivity contribution >= 4 is 11.9 Å². The van der Waals surface area contributed by atoms with Crippen molar-refractivity contribution in [3.63, 3.8) is 0 Å². The van der Waals surface area contributed by atoms with Crippen molar-refractivity contribution in [1.82, 2.24) is 10.2 Å². The third-order valence-electron chi connectivity index (χ3n) is 5.53. The van der Waals surface area contributed by atoms with Gasteiger partial charge in [0.1, 0.15) is 0 Å². The normalized spacial score (nSPS) is 11.2. The second-order valence-corrected chi connectivity index (χ2v) is 8.44.